The van der Waals surface area contributed by atoms with Gasteiger partial charge in [-0.15, -0.1) is 0 Å². The lowest BCUT2D eigenvalue weighted by Crippen LogP contribution is -2.21. The Labute approximate surface area is 144 Å². The van der Waals surface area contributed by atoms with Crippen LogP contribution >= 0.6 is 0 Å². The summed E-state index contributed by atoms with van der Waals surface area (Å²) in [5.74, 6) is 0.771. The van der Waals surface area contributed by atoms with Gasteiger partial charge in [0.25, 0.3) is 0 Å². The van der Waals surface area contributed by atoms with E-state index < -0.39 is 0 Å². The van der Waals surface area contributed by atoms with E-state index >= 15 is 0 Å². The molecule has 128 valence electrons. The quantitative estimate of drug-likeness (QED) is 0.786. The summed E-state index contributed by atoms with van der Waals surface area (Å²) in [6.45, 7) is 8.44. The second kappa shape index (κ2) is 8.39. The molecule has 0 aliphatic carbocycles. The van der Waals surface area contributed by atoms with Gasteiger partial charge in [-0.2, -0.15) is 0 Å². The molecule has 2 aromatic carbocycles. The molecule has 0 bridgehead atoms. The first-order valence-corrected chi connectivity index (χ1v) is 8.35. The van der Waals surface area contributed by atoms with Crippen LogP contribution in [0.2, 0.25) is 0 Å². The molecule has 0 fully saturated rings. The molecule has 0 saturated heterocycles. The molecule has 2 aromatic rings. The monoisotopic (exact) mass is 326 g/mol. The summed E-state index contributed by atoms with van der Waals surface area (Å²) >= 11 is 0. The predicted molar refractivity (Wildman–Crippen MR) is 99.9 cm³/mol. The van der Waals surface area contributed by atoms with E-state index in [0.717, 1.165) is 29.1 Å². The summed E-state index contributed by atoms with van der Waals surface area (Å²) in [7, 11) is 0. The van der Waals surface area contributed by atoms with Crippen LogP contribution in [0.25, 0.3) is 0 Å². The number of ether oxygens (including phenoxy) is 1. The number of benzene rings is 2. The third-order valence-corrected chi connectivity index (χ3v) is 4.01. The highest BCUT2D eigenvalue weighted by Gasteiger charge is 2.04. The van der Waals surface area contributed by atoms with Crippen molar-refractivity contribution in [3.8, 4) is 5.75 Å². The Kier molecular flexibility index (Phi) is 6.24. The Morgan fingerprint density at radius 2 is 1.71 bits per heavy atom. The van der Waals surface area contributed by atoms with Gasteiger partial charge in [0.15, 0.2) is 0 Å². The molecule has 0 aliphatic heterocycles. The minimum Gasteiger partial charge on any atom is -0.491 e. The number of carbonyl (C=O) groups excluding carboxylic acids is 1. The Morgan fingerprint density at radius 1 is 1.04 bits per heavy atom. The second-order valence-electron chi connectivity index (χ2n) is 6.06. The molecule has 1 amide bonds. The molecule has 4 nitrogen and oxygen atoms in total. The standard InChI is InChI=1S/C20H26N2O2/c1-5-16(4)24-19-10-8-17(9-11-19)21-13-20(23)22-18-7-6-14(2)15(3)12-18/h6-12,16,21H,5,13H2,1-4H3,(H,22,23). The number of hydrogen-bond donors (Lipinski definition) is 2. The smallest absolute Gasteiger partial charge is 0.243 e. The van der Waals surface area contributed by atoms with Crippen molar-refractivity contribution in [1.29, 1.82) is 0 Å². The molecule has 0 aromatic heterocycles. The van der Waals surface area contributed by atoms with Gasteiger partial charge in [0, 0.05) is 11.4 Å². The summed E-state index contributed by atoms with van der Waals surface area (Å²) in [6.07, 6.45) is 1.17. The minimum atomic E-state index is -0.0711. The van der Waals surface area contributed by atoms with Gasteiger partial charge in [-0.1, -0.05) is 13.0 Å². The van der Waals surface area contributed by atoms with E-state index in [9.17, 15) is 4.79 Å². The van der Waals surface area contributed by atoms with Crippen molar-refractivity contribution in [1.82, 2.24) is 0 Å². The summed E-state index contributed by atoms with van der Waals surface area (Å²) in [6, 6.07) is 13.6. The highest BCUT2D eigenvalue weighted by atomic mass is 16.5. The molecule has 0 aliphatic rings. The summed E-state index contributed by atoms with van der Waals surface area (Å²) in [5.41, 5.74) is 4.09. The van der Waals surface area contributed by atoms with Crippen molar-refractivity contribution in [2.24, 2.45) is 0 Å². The average Bonchev–Trinajstić information content (AvgIpc) is 2.57. The number of carbonyl (C=O) groups is 1. The van der Waals surface area contributed by atoms with Crippen LogP contribution in [0.15, 0.2) is 42.5 Å². The maximum Gasteiger partial charge on any atom is 0.243 e. The highest BCUT2D eigenvalue weighted by molar-refractivity contribution is 5.93. The Balaban J connectivity index is 1.84. The Morgan fingerprint density at radius 3 is 2.33 bits per heavy atom. The molecule has 0 saturated carbocycles. The van der Waals surface area contributed by atoms with Crippen molar-refractivity contribution in [3.05, 3.63) is 53.6 Å². The molecule has 1 unspecified atom stereocenters. The lowest BCUT2D eigenvalue weighted by Gasteiger charge is -2.13. The van der Waals surface area contributed by atoms with Gasteiger partial charge in [0.2, 0.25) is 5.91 Å². The van der Waals surface area contributed by atoms with E-state index in [4.69, 9.17) is 4.74 Å². The van der Waals surface area contributed by atoms with Crippen LogP contribution < -0.4 is 15.4 Å². The zero-order valence-corrected chi connectivity index (χ0v) is 14.8. The van der Waals surface area contributed by atoms with Gasteiger partial charge in [-0.3, -0.25) is 4.79 Å². The van der Waals surface area contributed by atoms with Crippen molar-refractivity contribution in [3.63, 3.8) is 0 Å². The minimum absolute atomic E-state index is 0.0711. The van der Waals surface area contributed by atoms with Gasteiger partial charge in [0.1, 0.15) is 5.75 Å². The maximum absolute atomic E-state index is 12.0. The highest BCUT2D eigenvalue weighted by Crippen LogP contribution is 2.18. The Bertz CT molecular complexity index is 681. The normalized spacial score (nSPS) is 11.7. The summed E-state index contributed by atoms with van der Waals surface area (Å²) in [5, 5.41) is 6.02. The molecular weight excluding hydrogens is 300 g/mol. The molecule has 0 heterocycles. The molecule has 4 heteroatoms. The number of anilines is 2. The fraction of sp³-hybridized carbons (Fsp3) is 0.350. The van der Waals surface area contributed by atoms with Crippen molar-refractivity contribution in [2.75, 3.05) is 17.2 Å². The van der Waals surface area contributed by atoms with Crippen molar-refractivity contribution >= 4 is 17.3 Å². The van der Waals surface area contributed by atoms with Gasteiger partial charge in [0.05, 0.1) is 12.6 Å². The van der Waals surface area contributed by atoms with E-state index in [2.05, 4.69) is 24.5 Å². The van der Waals surface area contributed by atoms with E-state index in [1.54, 1.807) is 0 Å². The van der Waals surface area contributed by atoms with E-state index in [-0.39, 0.29) is 18.6 Å². The first kappa shape index (κ1) is 17.9. The molecule has 0 radical (unpaired) electrons. The van der Waals surface area contributed by atoms with Gasteiger partial charge in [-0.05, 0) is 74.7 Å². The number of rotatable bonds is 7. The number of nitrogens with one attached hydrogen (secondary N) is 2. The zero-order chi connectivity index (χ0) is 17.5. The SMILES string of the molecule is CCC(C)Oc1ccc(NCC(=O)Nc2ccc(C)c(C)c2)cc1. The first-order valence-electron chi connectivity index (χ1n) is 8.35. The molecule has 24 heavy (non-hydrogen) atoms. The topological polar surface area (TPSA) is 50.4 Å². The first-order chi connectivity index (χ1) is 11.5. The lowest BCUT2D eigenvalue weighted by atomic mass is 10.1. The third kappa shape index (κ3) is 5.30. The van der Waals surface area contributed by atoms with Crippen LogP contribution in [0.5, 0.6) is 5.75 Å². The molecule has 1 atom stereocenters. The van der Waals surface area contributed by atoms with Crippen LogP contribution in [0.3, 0.4) is 0 Å². The lowest BCUT2D eigenvalue weighted by molar-refractivity contribution is -0.114. The third-order valence-electron chi connectivity index (χ3n) is 4.01. The fourth-order valence-electron chi connectivity index (χ4n) is 2.17. The Hall–Kier alpha value is -2.49. The van der Waals surface area contributed by atoms with Gasteiger partial charge in [-0.25, -0.2) is 0 Å². The largest absolute Gasteiger partial charge is 0.491 e. The summed E-state index contributed by atoms with van der Waals surface area (Å²) < 4.78 is 5.74. The van der Waals surface area contributed by atoms with Crippen molar-refractivity contribution in [2.45, 2.75) is 40.2 Å². The van der Waals surface area contributed by atoms with E-state index in [1.807, 2.05) is 56.3 Å². The van der Waals surface area contributed by atoms with Gasteiger partial charge >= 0.3 is 0 Å². The fourth-order valence-corrected chi connectivity index (χ4v) is 2.17. The number of hydrogen-bond acceptors (Lipinski definition) is 3. The second-order valence-corrected chi connectivity index (χ2v) is 6.06. The van der Waals surface area contributed by atoms with Crippen LogP contribution in [0.4, 0.5) is 11.4 Å². The van der Waals surface area contributed by atoms with E-state index in [1.165, 1.54) is 5.56 Å². The van der Waals surface area contributed by atoms with Crippen LogP contribution in [-0.4, -0.2) is 18.6 Å². The molecular formula is C20H26N2O2. The van der Waals surface area contributed by atoms with Crippen molar-refractivity contribution < 1.29 is 9.53 Å². The zero-order valence-electron chi connectivity index (χ0n) is 14.8. The van der Waals surface area contributed by atoms with E-state index in [0.29, 0.717) is 0 Å². The molecule has 2 rings (SSSR count). The average molecular weight is 326 g/mol. The van der Waals surface area contributed by atoms with Crippen LogP contribution in [0.1, 0.15) is 31.4 Å². The predicted octanol–water partition coefficient (Wildman–Crippen LogP) is 4.53. The van der Waals surface area contributed by atoms with Gasteiger partial charge < -0.3 is 15.4 Å². The van der Waals surface area contributed by atoms with Crippen LogP contribution in [-0.2, 0) is 4.79 Å². The maximum atomic E-state index is 12.0. The molecule has 2 N–H and O–H groups in total. The number of amides is 1. The molecule has 0 spiro atoms. The summed E-state index contributed by atoms with van der Waals surface area (Å²) in [4.78, 5) is 12.0. The van der Waals surface area contributed by atoms with Crippen LogP contribution in [0, 0.1) is 13.8 Å². The number of aryl methyl sites for hydroxylation is 2.